The smallest absolute Gasteiger partial charge is 0.852 e. The Hall–Kier alpha value is 1.35. The van der Waals surface area contributed by atoms with Gasteiger partial charge in [0.15, 0.2) is 0 Å². The maximum Gasteiger partial charge on any atom is 4.00 e. The quantitative estimate of drug-likeness (QED) is 0.468. The molecule has 0 fully saturated rings. The van der Waals surface area contributed by atoms with Crippen LogP contribution in [0.1, 0.15) is 55.4 Å². The van der Waals surface area contributed by atoms with Gasteiger partial charge in [-0.3, -0.25) is 0 Å². The standard InChI is InChI=1S/4C3H7O.Sn.Ti/c4*1-3(2)4;;/h4*3H,1-2H3;;/q4*-1;2*+4. The first-order chi connectivity index (χ1) is 6.93. The fraction of sp³-hybridized carbons (Fsp3) is 1.00. The third kappa shape index (κ3) is 2540. The largest absolute Gasteiger partial charge is 4.00 e. The van der Waals surface area contributed by atoms with Crippen LogP contribution in [0.3, 0.4) is 0 Å². The van der Waals surface area contributed by atoms with Crippen molar-refractivity contribution in [1.29, 1.82) is 0 Å². The Balaban J connectivity index is -0.0000000257. The van der Waals surface area contributed by atoms with Gasteiger partial charge in [-0.25, -0.2) is 0 Å². The summed E-state index contributed by atoms with van der Waals surface area (Å²) < 4.78 is 0. The average Bonchev–Trinajstić information content (AvgIpc) is 1.76. The first kappa shape index (κ1) is 36.6. The van der Waals surface area contributed by atoms with Crippen molar-refractivity contribution in [2.75, 3.05) is 0 Å². The maximum absolute atomic E-state index is 9.53. The van der Waals surface area contributed by atoms with Crippen molar-refractivity contribution in [2.45, 2.75) is 79.8 Å². The molecular weight excluding hydrogens is 375 g/mol. The minimum Gasteiger partial charge on any atom is -0.852 e. The molecule has 104 valence electrons. The van der Waals surface area contributed by atoms with Gasteiger partial charge in [-0.1, -0.05) is 55.4 Å². The summed E-state index contributed by atoms with van der Waals surface area (Å²) in [6.45, 7) is 12.9. The van der Waals surface area contributed by atoms with Gasteiger partial charge in [-0.2, -0.15) is 0 Å². The van der Waals surface area contributed by atoms with Gasteiger partial charge in [0, 0.05) is 0 Å². The molecule has 0 bridgehead atoms. The molecule has 0 saturated heterocycles. The summed E-state index contributed by atoms with van der Waals surface area (Å²) in [5.74, 6) is 0. The van der Waals surface area contributed by atoms with E-state index in [4.69, 9.17) is 0 Å². The molecule has 0 N–H and O–H groups in total. The van der Waals surface area contributed by atoms with Crippen molar-refractivity contribution in [2.24, 2.45) is 0 Å². The van der Waals surface area contributed by atoms with Crippen LogP contribution in [0.25, 0.3) is 0 Å². The first-order valence-corrected chi connectivity index (χ1v) is 5.56. The van der Waals surface area contributed by atoms with Crippen LogP contribution in [0.5, 0.6) is 0 Å². The van der Waals surface area contributed by atoms with Gasteiger partial charge in [0.2, 0.25) is 0 Å². The van der Waals surface area contributed by atoms with Gasteiger partial charge in [0.05, 0.1) is 0 Å². The Morgan fingerprint density at radius 3 is 0.444 bits per heavy atom. The Bertz CT molecular complexity index is 67.1. The van der Waals surface area contributed by atoms with Gasteiger partial charge >= 0.3 is 45.6 Å². The van der Waals surface area contributed by atoms with Gasteiger partial charge in [0.1, 0.15) is 0 Å². The predicted octanol–water partition coefficient (Wildman–Crippen LogP) is -1.36. The Morgan fingerprint density at radius 2 is 0.444 bits per heavy atom. The zero-order valence-corrected chi connectivity index (χ0v) is 17.4. The summed E-state index contributed by atoms with van der Waals surface area (Å²) in [4.78, 5) is 0. The fourth-order valence-corrected chi connectivity index (χ4v) is 0. The van der Waals surface area contributed by atoms with E-state index in [2.05, 4.69) is 0 Å². The summed E-state index contributed by atoms with van der Waals surface area (Å²) >= 11 is 0. The van der Waals surface area contributed by atoms with E-state index >= 15 is 0 Å². The van der Waals surface area contributed by atoms with Crippen LogP contribution in [-0.2, 0) is 21.7 Å². The average molecular weight is 403 g/mol. The molecule has 18 heavy (non-hydrogen) atoms. The topological polar surface area (TPSA) is 92.2 Å². The van der Waals surface area contributed by atoms with Gasteiger partial charge < -0.3 is 20.4 Å². The van der Waals surface area contributed by atoms with E-state index in [1.54, 1.807) is 55.4 Å². The van der Waals surface area contributed by atoms with Crippen LogP contribution >= 0.6 is 0 Å². The van der Waals surface area contributed by atoms with E-state index in [0.717, 1.165) is 0 Å². The first-order valence-electron chi connectivity index (χ1n) is 5.56. The molecule has 0 unspecified atom stereocenters. The van der Waals surface area contributed by atoms with Crippen molar-refractivity contribution in [3.05, 3.63) is 0 Å². The molecule has 0 heterocycles. The minimum absolute atomic E-state index is 0. The van der Waals surface area contributed by atoms with Gasteiger partial charge in [0.25, 0.3) is 0 Å². The Labute approximate surface area is 145 Å². The minimum atomic E-state index is -0.417. The second kappa shape index (κ2) is 31.0. The molecular formula is C12H28O4SnTi+4. The summed E-state index contributed by atoms with van der Waals surface area (Å²) in [7, 11) is 0. The monoisotopic (exact) mass is 404 g/mol. The Kier molecular flexibility index (Phi) is 63.0. The second-order valence-electron chi connectivity index (χ2n) is 4.20. The zero-order valence-electron chi connectivity index (χ0n) is 12.9. The van der Waals surface area contributed by atoms with Gasteiger partial charge in [-0.05, 0) is 0 Å². The molecule has 0 aromatic rings. The molecule has 0 radical (unpaired) electrons. The van der Waals surface area contributed by atoms with E-state index in [9.17, 15) is 20.4 Å². The van der Waals surface area contributed by atoms with Crippen molar-refractivity contribution in [3.8, 4) is 0 Å². The van der Waals surface area contributed by atoms with E-state index in [1.807, 2.05) is 0 Å². The van der Waals surface area contributed by atoms with Crippen LogP contribution in [-0.4, -0.2) is 48.3 Å². The SMILES string of the molecule is CC(C)[O-].CC(C)[O-].CC(C)[O-].CC(C)[O-].[Sn+4].[Ti+4]. The van der Waals surface area contributed by atoms with Crippen LogP contribution in [0.2, 0.25) is 0 Å². The number of rotatable bonds is 0. The van der Waals surface area contributed by atoms with Crippen molar-refractivity contribution >= 4 is 23.9 Å². The molecule has 0 aliphatic heterocycles. The van der Waals surface area contributed by atoms with E-state index in [-0.39, 0.29) is 45.6 Å². The summed E-state index contributed by atoms with van der Waals surface area (Å²) in [5, 5.41) is 38.1. The molecule has 6 heteroatoms. The third-order valence-electron chi connectivity index (χ3n) is 0. The molecule has 0 amide bonds. The molecule has 0 saturated carbocycles. The Morgan fingerprint density at radius 1 is 0.444 bits per heavy atom. The van der Waals surface area contributed by atoms with Crippen molar-refractivity contribution < 1.29 is 42.1 Å². The zero-order chi connectivity index (χ0) is 14.3. The van der Waals surface area contributed by atoms with Crippen molar-refractivity contribution in [1.82, 2.24) is 0 Å². The van der Waals surface area contributed by atoms with Crippen molar-refractivity contribution in [3.63, 3.8) is 0 Å². The molecule has 0 atom stereocenters. The van der Waals surface area contributed by atoms with Gasteiger partial charge in [-0.15, -0.1) is 24.4 Å². The molecule has 0 aromatic heterocycles. The predicted molar refractivity (Wildman–Crippen MR) is 66.3 cm³/mol. The van der Waals surface area contributed by atoms with Crippen LogP contribution in [0.4, 0.5) is 0 Å². The van der Waals surface area contributed by atoms with E-state index in [0.29, 0.717) is 0 Å². The maximum atomic E-state index is 9.53. The van der Waals surface area contributed by atoms with Crippen LogP contribution in [0.15, 0.2) is 0 Å². The van der Waals surface area contributed by atoms with E-state index in [1.165, 1.54) is 0 Å². The third-order valence-corrected chi connectivity index (χ3v) is 0. The fourth-order valence-electron chi connectivity index (χ4n) is 0. The number of hydrogen-bond acceptors (Lipinski definition) is 4. The number of hydrogen-bond donors (Lipinski definition) is 0. The molecule has 0 aliphatic rings. The van der Waals surface area contributed by atoms with Crippen LogP contribution in [0, 0.1) is 0 Å². The summed E-state index contributed by atoms with van der Waals surface area (Å²) in [5.41, 5.74) is 0. The molecule has 0 spiro atoms. The summed E-state index contributed by atoms with van der Waals surface area (Å²) in [6.07, 6.45) is -1.67. The molecule has 0 rings (SSSR count). The molecule has 4 nitrogen and oxygen atoms in total. The molecule has 0 aromatic carbocycles. The normalized spacial score (nSPS) is 8.00. The molecule has 0 aliphatic carbocycles. The second-order valence-corrected chi connectivity index (χ2v) is 4.20. The van der Waals surface area contributed by atoms with Crippen LogP contribution < -0.4 is 20.4 Å². The summed E-state index contributed by atoms with van der Waals surface area (Å²) in [6, 6.07) is 0. The van der Waals surface area contributed by atoms with E-state index < -0.39 is 24.4 Å².